The minimum absolute atomic E-state index is 0.0681. The lowest BCUT2D eigenvalue weighted by molar-refractivity contribution is -0.140. The summed E-state index contributed by atoms with van der Waals surface area (Å²) >= 11 is 0. The Bertz CT molecular complexity index is 634. The normalized spacial score (nSPS) is 19.0. The van der Waals surface area contributed by atoms with Gasteiger partial charge in [0.05, 0.1) is 6.61 Å². The Morgan fingerprint density at radius 2 is 1.90 bits per heavy atom. The summed E-state index contributed by atoms with van der Waals surface area (Å²) in [5.41, 5.74) is -0.00628. The molecule has 0 radical (unpaired) electrons. The fourth-order valence-corrected chi connectivity index (χ4v) is 4.16. The van der Waals surface area contributed by atoms with E-state index < -0.39 is 5.60 Å². The van der Waals surface area contributed by atoms with E-state index in [0.29, 0.717) is 6.61 Å². The van der Waals surface area contributed by atoms with E-state index in [2.05, 4.69) is 31.0 Å². The molecule has 31 heavy (non-hydrogen) atoms. The fraction of sp³-hybridized carbons (Fsp3) is 0.731. The van der Waals surface area contributed by atoms with Gasteiger partial charge in [0.25, 0.3) is 5.91 Å². The molecule has 2 atom stereocenters. The molecule has 5 nitrogen and oxygen atoms in total. The van der Waals surface area contributed by atoms with Crippen molar-refractivity contribution in [2.45, 2.75) is 84.7 Å². The zero-order valence-electron chi connectivity index (χ0n) is 20.3. The molecule has 0 aliphatic carbocycles. The van der Waals surface area contributed by atoms with Crippen LogP contribution in [0.2, 0.25) is 0 Å². The van der Waals surface area contributed by atoms with Crippen LogP contribution in [0, 0.1) is 5.92 Å². The summed E-state index contributed by atoms with van der Waals surface area (Å²) in [6.45, 7) is 13.3. The molecular weight excluding hydrogens is 388 g/mol. The number of nitrogens with zero attached hydrogens (tertiary/aromatic N) is 1. The van der Waals surface area contributed by atoms with Crippen LogP contribution < -0.4 is 10.1 Å². The summed E-state index contributed by atoms with van der Waals surface area (Å²) < 4.78 is 11.9. The van der Waals surface area contributed by atoms with Crippen molar-refractivity contribution in [3.05, 3.63) is 24.3 Å². The van der Waals surface area contributed by atoms with Crippen molar-refractivity contribution in [3.8, 4) is 5.75 Å². The number of amides is 1. The van der Waals surface area contributed by atoms with E-state index in [9.17, 15) is 4.79 Å². The highest BCUT2D eigenvalue weighted by molar-refractivity contribution is 5.97. The van der Waals surface area contributed by atoms with E-state index in [4.69, 9.17) is 9.47 Å². The number of carbonyl (C=O) groups excluding carboxylic acids is 1. The van der Waals surface area contributed by atoms with Crippen molar-refractivity contribution < 1.29 is 14.3 Å². The molecule has 2 rings (SSSR count). The quantitative estimate of drug-likeness (QED) is 0.372. The van der Waals surface area contributed by atoms with E-state index in [1.54, 1.807) is 0 Å². The first kappa shape index (κ1) is 25.7. The van der Waals surface area contributed by atoms with Gasteiger partial charge in [-0.3, -0.25) is 4.79 Å². The van der Waals surface area contributed by atoms with Crippen molar-refractivity contribution in [2.24, 2.45) is 5.92 Å². The van der Waals surface area contributed by atoms with Gasteiger partial charge in [-0.05, 0) is 75.8 Å². The molecule has 1 saturated heterocycles. The van der Waals surface area contributed by atoms with Gasteiger partial charge in [-0.1, -0.05) is 40.0 Å². The minimum Gasteiger partial charge on any atom is -0.494 e. The number of hydrogen-bond donors (Lipinski definition) is 1. The van der Waals surface area contributed by atoms with Gasteiger partial charge in [0.15, 0.2) is 0 Å². The van der Waals surface area contributed by atoms with E-state index >= 15 is 0 Å². The van der Waals surface area contributed by atoms with Crippen LogP contribution in [0.15, 0.2) is 24.3 Å². The zero-order chi connectivity index (χ0) is 22.5. The largest absolute Gasteiger partial charge is 0.494 e. The summed E-state index contributed by atoms with van der Waals surface area (Å²) in [7, 11) is 0. The van der Waals surface area contributed by atoms with Crippen LogP contribution in [0.25, 0.3) is 0 Å². The summed E-state index contributed by atoms with van der Waals surface area (Å²) in [6, 6.07) is 7.68. The fourth-order valence-electron chi connectivity index (χ4n) is 4.16. The monoisotopic (exact) mass is 432 g/mol. The molecule has 0 spiro atoms. The highest BCUT2D eigenvalue weighted by Gasteiger charge is 2.33. The molecule has 5 heteroatoms. The second-order valence-electron chi connectivity index (χ2n) is 9.26. The molecule has 1 heterocycles. The van der Waals surface area contributed by atoms with E-state index in [0.717, 1.165) is 69.0 Å². The number of ether oxygens (including phenoxy) is 2. The highest BCUT2D eigenvalue weighted by atomic mass is 16.5. The average Bonchev–Trinajstić information content (AvgIpc) is 2.76. The molecule has 1 aliphatic heterocycles. The molecule has 1 amide bonds. The smallest absolute Gasteiger partial charge is 0.256 e. The van der Waals surface area contributed by atoms with Crippen LogP contribution in [0.5, 0.6) is 5.75 Å². The van der Waals surface area contributed by atoms with Gasteiger partial charge in [0.2, 0.25) is 0 Å². The first-order valence-electron chi connectivity index (χ1n) is 12.4. The Morgan fingerprint density at radius 3 is 2.58 bits per heavy atom. The minimum atomic E-state index is -0.785. The van der Waals surface area contributed by atoms with Crippen molar-refractivity contribution >= 4 is 11.6 Å². The molecule has 0 unspecified atom stereocenters. The second-order valence-corrected chi connectivity index (χ2v) is 9.26. The molecule has 1 aliphatic rings. The number of piperidine rings is 1. The predicted molar refractivity (Wildman–Crippen MR) is 129 cm³/mol. The lowest BCUT2D eigenvalue weighted by Gasteiger charge is -2.30. The van der Waals surface area contributed by atoms with Crippen molar-refractivity contribution in [3.63, 3.8) is 0 Å². The Balaban J connectivity index is 1.78. The maximum atomic E-state index is 12.9. The number of hydrogen-bond acceptors (Lipinski definition) is 4. The number of likely N-dealkylation sites (tertiary alicyclic amines) is 1. The van der Waals surface area contributed by atoms with Gasteiger partial charge in [-0.15, -0.1) is 0 Å². The molecular formula is C26H44N2O3. The van der Waals surface area contributed by atoms with E-state index in [1.807, 2.05) is 31.2 Å². The Morgan fingerprint density at radius 1 is 1.13 bits per heavy atom. The number of nitrogens with one attached hydrogen (secondary N) is 1. The SMILES string of the molecule is CCCCC[C@@](C)(OCCC)C(=O)Nc1ccc(OCCCN2CCC[C@H](C)C2)cc1. The summed E-state index contributed by atoms with van der Waals surface area (Å²) in [6.07, 6.45) is 8.59. The molecule has 1 fully saturated rings. The van der Waals surface area contributed by atoms with Gasteiger partial charge >= 0.3 is 0 Å². The van der Waals surface area contributed by atoms with Crippen LogP contribution in [0.4, 0.5) is 5.69 Å². The third-order valence-electron chi connectivity index (χ3n) is 6.10. The maximum Gasteiger partial charge on any atom is 0.256 e. The molecule has 0 saturated carbocycles. The van der Waals surface area contributed by atoms with Crippen LogP contribution in [0.1, 0.15) is 79.1 Å². The van der Waals surface area contributed by atoms with Gasteiger partial charge < -0.3 is 19.7 Å². The Kier molecular flexibility index (Phi) is 11.4. The van der Waals surface area contributed by atoms with E-state index in [-0.39, 0.29) is 5.91 Å². The maximum absolute atomic E-state index is 12.9. The third kappa shape index (κ3) is 9.20. The summed E-state index contributed by atoms with van der Waals surface area (Å²) in [4.78, 5) is 15.5. The average molecular weight is 433 g/mol. The van der Waals surface area contributed by atoms with Gasteiger partial charge in [-0.25, -0.2) is 0 Å². The number of anilines is 1. The van der Waals surface area contributed by atoms with Gasteiger partial charge in [0, 0.05) is 25.4 Å². The standard InChI is InChI=1S/C26H44N2O3/c1-5-7-8-16-26(4,31-19-6-2)25(29)27-23-12-14-24(15-13-23)30-20-10-18-28-17-9-11-22(3)21-28/h12-15,22H,5-11,16-21H2,1-4H3,(H,27,29)/t22-,26+/m0/s1. The molecule has 1 N–H and O–H groups in total. The van der Waals surface area contributed by atoms with Crippen LogP contribution in [-0.2, 0) is 9.53 Å². The Labute approximate surface area is 189 Å². The van der Waals surface area contributed by atoms with Crippen LogP contribution >= 0.6 is 0 Å². The molecule has 1 aromatic carbocycles. The topological polar surface area (TPSA) is 50.8 Å². The number of benzene rings is 1. The summed E-state index contributed by atoms with van der Waals surface area (Å²) in [5, 5.41) is 3.03. The number of unbranched alkanes of at least 4 members (excludes halogenated alkanes) is 2. The first-order valence-corrected chi connectivity index (χ1v) is 12.4. The van der Waals surface area contributed by atoms with Gasteiger partial charge in [-0.2, -0.15) is 0 Å². The number of carbonyl (C=O) groups is 1. The Hall–Kier alpha value is -1.59. The van der Waals surface area contributed by atoms with Crippen LogP contribution in [-0.4, -0.2) is 49.3 Å². The van der Waals surface area contributed by atoms with Crippen molar-refractivity contribution in [1.29, 1.82) is 0 Å². The first-order chi connectivity index (χ1) is 15.0. The summed E-state index contributed by atoms with van der Waals surface area (Å²) in [5.74, 6) is 1.60. The van der Waals surface area contributed by atoms with Gasteiger partial charge in [0.1, 0.15) is 11.4 Å². The second kappa shape index (κ2) is 13.7. The van der Waals surface area contributed by atoms with E-state index in [1.165, 1.54) is 25.9 Å². The van der Waals surface area contributed by atoms with Crippen molar-refractivity contribution in [1.82, 2.24) is 4.90 Å². The predicted octanol–water partition coefficient (Wildman–Crippen LogP) is 5.89. The molecule has 0 aromatic heterocycles. The number of rotatable bonds is 14. The molecule has 176 valence electrons. The molecule has 0 bridgehead atoms. The van der Waals surface area contributed by atoms with Crippen molar-refractivity contribution in [2.75, 3.05) is 38.2 Å². The third-order valence-corrected chi connectivity index (χ3v) is 6.10. The highest BCUT2D eigenvalue weighted by Crippen LogP contribution is 2.24. The lowest BCUT2D eigenvalue weighted by atomic mass is 9.96. The zero-order valence-corrected chi connectivity index (χ0v) is 20.3. The van der Waals surface area contributed by atoms with Crippen LogP contribution in [0.3, 0.4) is 0 Å². The molecule has 1 aromatic rings. The lowest BCUT2D eigenvalue weighted by Crippen LogP contribution is -2.43.